The number of nitrogens with zero attached hydrogens (tertiary/aromatic N) is 2. The van der Waals surface area contributed by atoms with E-state index in [0.717, 1.165) is 31.5 Å². The molecule has 0 radical (unpaired) electrons. The summed E-state index contributed by atoms with van der Waals surface area (Å²) in [6.45, 7) is 0. The molecule has 2 aliphatic rings. The monoisotopic (exact) mass is 278 g/mol. The van der Waals surface area contributed by atoms with E-state index in [1.54, 1.807) is 0 Å². The van der Waals surface area contributed by atoms with Gasteiger partial charge in [0, 0.05) is 12.0 Å². The van der Waals surface area contributed by atoms with Crippen molar-refractivity contribution in [3.63, 3.8) is 0 Å². The number of aromatic nitrogens is 3. The second-order valence-corrected chi connectivity index (χ2v) is 5.63. The van der Waals surface area contributed by atoms with Gasteiger partial charge in [-0.1, -0.05) is 12.8 Å². The number of aliphatic carboxylic acids is 1. The van der Waals surface area contributed by atoms with Crippen molar-refractivity contribution < 1.29 is 14.7 Å². The molecule has 1 heterocycles. The van der Waals surface area contributed by atoms with Gasteiger partial charge in [-0.3, -0.25) is 14.7 Å². The van der Waals surface area contributed by atoms with E-state index in [-0.39, 0.29) is 17.8 Å². The van der Waals surface area contributed by atoms with Gasteiger partial charge in [-0.05, 0) is 25.7 Å². The van der Waals surface area contributed by atoms with Crippen LogP contribution in [0.2, 0.25) is 0 Å². The second-order valence-electron chi connectivity index (χ2n) is 5.63. The van der Waals surface area contributed by atoms with Crippen molar-refractivity contribution in [2.75, 3.05) is 0 Å². The molecule has 2 aliphatic carbocycles. The Bertz CT molecular complexity index is 523. The zero-order chi connectivity index (χ0) is 14.1. The van der Waals surface area contributed by atoms with E-state index in [0.29, 0.717) is 18.8 Å². The van der Waals surface area contributed by atoms with Crippen LogP contribution in [0.15, 0.2) is 0 Å². The first kappa shape index (κ1) is 13.1. The molecule has 108 valence electrons. The highest BCUT2D eigenvalue weighted by Gasteiger charge is 2.33. The lowest BCUT2D eigenvalue weighted by molar-refractivity contribution is -0.143. The van der Waals surface area contributed by atoms with Crippen LogP contribution in [-0.4, -0.2) is 38.2 Å². The molecule has 0 saturated heterocycles. The molecular formula is C13H18N4O3. The molecule has 2 atom stereocenters. The minimum absolute atomic E-state index is 0.113. The third kappa shape index (κ3) is 2.66. The van der Waals surface area contributed by atoms with Crippen molar-refractivity contribution in [2.24, 2.45) is 5.92 Å². The summed E-state index contributed by atoms with van der Waals surface area (Å²) in [7, 11) is 0. The average molecular weight is 278 g/mol. The van der Waals surface area contributed by atoms with Crippen molar-refractivity contribution in [3.05, 3.63) is 11.6 Å². The quantitative estimate of drug-likeness (QED) is 0.763. The number of carboxylic acids is 1. The number of carboxylic acid groups (broad SMARTS) is 1. The third-order valence-corrected chi connectivity index (χ3v) is 4.07. The first-order chi connectivity index (χ1) is 9.65. The summed E-state index contributed by atoms with van der Waals surface area (Å²) in [4.78, 5) is 27.5. The highest BCUT2D eigenvalue weighted by atomic mass is 16.4. The number of aromatic amines is 1. The number of nitrogens with one attached hydrogen (secondary N) is 2. The van der Waals surface area contributed by atoms with Crippen molar-refractivity contribution >= 4 is 11.9 Å². The number of hydrogen-bond donors (Lipinski definition) is 3. The molecule has 2 fully saturated rings. The summed E-state index contributed by atoms with van der Waals surface area (Å²) >= 11 is 0. The Balaban J connectivity index is 1.65. The van der Waals surface area contributed by atoms with Gasteiger partial charge in [-0.25, -0.2) is 4.98 Å². The van der Waals surface area contributed by atoms with Crippen LogP contribution in [-0.2, 0) is 4.79 Å². The van der Waals surface area contributed by atoms with Crippen LogP contribution >= 0.6 is 0 Å². The molecule has 1 amide bonds. The molecule has 3 N–H and O–H groups in total. The summed E-state index contributed by atoms with van der Waals surface area (Å²) in [6, 6.07) is -0.323. The molecule has 1 aromatic rings. The Morgan fingerprint density at radius 2 is 1.95 bits per heavy atom. The van der Waals surface area contributed by atoms with Crippen LogP contribution in [0.3, 0.4) is 0 Å². The Kier molecular flexibility index (Phi) is 3.42. The minimum atomic E-state index is -0.844. The van der Waals surface area contributed by atoms with Crippen LogP contribution in [0, 0.1) is 5.92 Å². The maximum absolute atomic E-state index is 12.1. The van der Waals surface area contributed by atoms with Crippen molar-refractivity contribution in [3.8, 4) is 0 Å². The van der Waals surface area contributed by atoms with Crippen LogP contribution in [0.5, 0.6) is 0 Å². The van der Waals surface area contributed by atoms with E-state index in [1.807, 2.05) is 0 Å². The Morgan fingerprint density at radius 3 is 2.65 bits per heavy atom. The van der Waals surface area contributed by atoms with Crippen molar-refractivity contribution in [1.82, 2.24) is 20.5 Å². The van der Waals surface area contributed by atoms with Gasteiger partial charge in [0.25, 0.3) is 5.91 Å². The predicted octanol–water partition coefficient (Wildman–Crippen LogP) is 1.06. The fraction of sp³-hybridized carbons (Fsp3) is 0.692. The van der Waals surface area contributed by atoms with E-state index < -0.39 is 11.9 Å². The second kappa shape index (κ2) is 5.22. The Hall–Kier alpha value is -1.92. The lowest BCUT2D eigenvalue weighted by Crippen LogP contribution is -2.45. The molecule has 7 heteroatoms. The fourth-order valence-electron chi connectivity index (χ4n) is 2.75. The van der Waals surface area contributed by atoms with Crippen LogP contribution in [0.4, 0.5) is 0 Å². The molecule has 0 spiro atoms. The lowest BCUT2D eigenvalue weighted by atomic mass is 9.84. The standard InChI is InChI=1S/C13H18N4O3/c18-12(11-15-10(16-17-11)7-5-6-7)14-9-4-2-1-3-8(9)13(19)20/h7-9H,1-6H2,(H,14,18)(H,19,20)(H,15,16,17). The van der Waals surface area contributed by atoms with E-state index in [1.165, 1.54) is 0 Å². The minimum Gasteiger partial charge on any atom is -0.481 e. The normalized spacial score (nSPS) is 26.2. The smallest absolute Gasteiger partial charge is 0.308 e. The third-order valence-electron chi connectivity index (χ3n) is 4.07. The lowest BCUT2D eigenvalue weighted by Gasteiger charge is -2.28. The zero-order valence-corrected chi connectivity index (χ0v) is 11.1. The number of carbonyl (C=O) groups is 2. The molecule has 2 saturated carbocycles. The summed E-state index contributed by atoms with van der Waals surface area (Å²) < 4.78 is 0. The fourth-order valence-corrected chi connectivity index (χ4v) is 2.75. The number of amides is 1. The van der Waals surface area contributed by atoms with Gasteiger partial charge in [0.05, 0.1) is 5.92 Å². The van der Waals surface area contributed by atoms with Crippen molar-refractivity contribution in [2.45, 2.75) is 50.5 Å². The maximum atomic E-state index is 12.1. The van der Waals surface area contributed by atoms with E-state index >= 15 is 0 Å². The van der Waals surface area contributed by atoms with Crippen LogP contribution in [0.1, 0.15) is 60.9 Å². The summed E-state index contributed by atoms with van der Waals surface area (Å²) in [6.07, 6.45) is 5.32. The molecule has 20 heavy (non-hydrogen) atoms. The molecule has 3 rings (SSSR count). The Morgan fingerprint density at radius 1 is 1.20 bits per heavy atom. The van der Waals surface area contributed by atoms with Gasteiger partial charge in [0.1, 0.15) is 5.82 Å². The Labute approximate surface area is 116 Å². The van der Waals surface area contributed by atoms with Gasteiger partial charge < -0.3 is 10.4 Å². The first-order valence-corrected chi connectivity index (χ1v) is 7.11. The van der Waals surface area contributed by atoms with Gasteiger partial charge in [0.15, 0.2) is 0 Å². The van der Waals surface area contributed by atoms with Gasteiger partial charge in [0.2, 0.25) is 5.82 Å². The van der Waals surface area contributed by atoms with E-state index in [4.69, 9.17) is 0 Å². The molecule has 2 unspecified atom stereocenters. The van der Waals surface area contributed by atoms with E-state index in [9.17, 15) is 14.7 Å². The maximum Gasteiger partial charge on any atom is 0.308 e. The number of hydrogen-bond acceptors (Lipinski definition) is 4. The SMILES string of the molecule is O=C(NC1CCCCC1C(=O)O)c1n[nH]c(C2CC2)n1. The van der Waals surface area contributed by atoms with Gasteiger partial charge >= 0.3 is 5.97 Å². The molecule has 0 aliphatic heterocycles. The number of rotatable bonds is 4. The van der Waals surface area contributed by atoms with Crippen LogP contribution in [0.25, 0.3) is 0 Å². The number of carbonyl (C=O) groups excluding carboxylic acids is 1. The highest BCUT2D eigenvalue weighted by Crippen LogP contribution is 2.37. The van der Waals surface area contributed by atoms with Gasteiger partial charge in [-0.2, -0.15) is 0 Å². The topological polar surface area (TPSA) is 108 Å². The van der Waals surface area contributed by atoms with Crippen molar-refractivity contribution in [1.29, 1.82) is 0 Å². The summed E-state index contributed by atoms with van der Waals surface area (Å²) in [5.74, 6) is -0.454. The molecule has 0 aromatic carbocycles. The van der Waals surface area contributed by atoms with E-state index in [2.05, 4.69) is 20.5 Å². The predicted molar refractivity (Wildman–Crippen MR) is 69.2 cm³/mol. The highest BCUT2D eigenvalue weighted by molar-refractivity contribution is 5.91. The summed E-state index contributed by atoms with van der Waals surface area (Å²) in [5.41, 5.74) is 0. The molecule has 7 nitrogen and oxygen atoms in total. The molecule has 0 bridgehead atoms. The molecule has 1 aromatic heterocycles. The first-order valence-electron chi connectivity index (χ1n) is 7.11. The zero-order valence-electron chi connectivity index (χ0n) is 11.1. The summed E-state index contributed by atoms with van der Waals surface area (Å²) in [5, 5.41) is 18.7. The largest absolute Gasteiger partial charge is 0.481 e. The average Bonchev–Trinajstić information content (AvgIpc) is 3.16. The van der Waals surface area contributed by atoms with Gasteiger partial charge in [-0.15, -0.1) is 5.10 Å². The number of H-pyrrole nitrogens is 1. The molecular weight excluding hydrogens is 260 g/mol. The van der Waals surface area contributed by atoms with Crippen LogP contribution < -0.4 is 5.32 Å².